The predicted molar refractivity (Wildman–Crippen MR) is 70.0 cm³/mol. The van der Waals surface area contributed by atoms with Gasteiger partial charge in [-0.3, -0.25) is 0 Å². The molecule has 0 aromatic heterocycles. The van der Waals surface area contributed by atoms with Crippen LogP contribution in [0.1, 0.15) is 7.43 Å². The molecule has 0 radical (unpaired) electrons. The van der Waals surface area contributed by atoms with Crippen LogP contribution in [0, 0.1) is 0 Å². The first-order chi connectivity index (χ1) is 7.62. The van der Waals surface area contributed by atoms with Gasteiger partial charge in [-0.15, -0.1) is 0 Å². The van der Waals surface area contributed by atoms with E-state index in [1.54, 1.807) is 24.3 Å². The molecule has 1 aliphatic rings. The Morgan fingerprint density at radius 2 is 1.65 bits per heavy atom. The summed E-state index contributed by atoms with van der Waals surface area (Å²) in [6.07, 6.45) is 7.03. The lowest BCUT2D eigenvalue weighted by molar-refractivity contribution is 0.567. The van der Waals surface area contributed by atoms with Gasteiger partial charge in [0.25, 0.3) is 0 Å². The maximum atomic E-state index is 10.8. The molecule has 88 valence electrons. The van der Waals surface area contributed by atoms with Crippen molar-refractivity contribution >= 4 is 11.5 Å². The Hall–Kier alpha value is -1.93. The third-order valence-electron chi connectivity index (χ3n) is 2.45. The van der Waals surface area contributed by atoms with Crippen molar-refractivity contribution in [3.63, 3.8) is 0 Å². The van der Waals surface area contributed by atoms with Crippen LogP contribution in [0.3, 0.4) is 0 Å². The molecular formula is C14H16N2O. The molecule has 0 heterocycles. The van der Waals surface area contributed by atoms with Crippen LogP contribution >= 0.6 is 0 Å². The van der Waals surface area contributed by atoms with Crippen LogP contribution in [0.15, 0.2) is 48.6 Å². The Bertz CT molecular complexity index is 587. The number of carbonyl (C=O) groups excluding carboxylic acids is 1. The van der Waals surface area contributed by atoms with Crippen molar-refractivity contribution in [2.24, 2.45) is 11.5 Å². The van der Waals surface area contributed by atoms with Gasteiger partial charge < -0.3 is 11.5 Å². The molecule has 1 aromatic carbocycles. The van der Waals surface area contributed by atoms with Gasteiger partial charge in [-0.1, -0.05) is 37.8 Å². The third-order valence-corrected chi connectivity index (χ3v) is 2.45. The van der Waals surface area contributed by atoms with Crippen molar-refractivity contribution in [3.05, 3.63) is 59.0 Å². The van der Waals surface area contributed by atoms with Crippen LogP contribution in [-0.4, -0.2) is 11.6 Å². The van der Waals surface area contributed by atoms with E-state index in [0.29, 0.717) is 5.22 Å². The van der Waals surface area contributed by atoms with Crippen LogP contribution in [0.2, 0.25) is 0 Å². The molecule has 0 fully saturated rings. The van der Waals surface area contributed by atoms with E-state index in [2.05, 4.69) is 0 Å². The summed E-state index contributed by atoms with van der Waals surface area (Å²) in [6, 6.07) is 7.27. The highest BCUT2D eigenvalue weighted by Gasteiger charge is 2.13. The number of hydrogen-bond acceptors (Lipinski definition) is 3. The molecule has 0 atom stereocenters. The summed E-state index contributed by atoms with van der Waals surface area (Å²) in [6.45, 7) is 0. The minimum atomic E-state index is -0.899. The van der Waals surface area contributed by atoms with Crippen molar-refractivity contribution in [3.8, 4) is 0 Å². The van der Waals surface area contributed by atoms with Crippen LogP contribution in [-0.2, 0) is 4.79 Å². The molecule has 0 spiro atoms. The van der Waals surface area contributed by atoms with Crippen LogP contribution in [0.4, 0.5) is 0 Å². The van der Waals surface area contributed by atoms with Gasteiger partial charge in [0, 0.05) is 0 Å². The SMILES string of the molecule is C.NC1(N)C=CC(=c2ccccc2=C=O)C=C1. The molecule has 1 aromatic rings. The van der Waals surface area contributed by atoms with Gasteiger partial charge in [-0.2, -0.15) is 0 Å². The van der Waals surface area contributed by atoms with Gasteiger partial charge in [0.2, 0.25) is 0 Å². The molecule has 0 saturated carbocycles. The molecule has 3 heteroatoms. The van der Waals surface area contributed by atoms with Gasteiger partial charge in [-0.05, 0) is 29.0 Å². The highest BCUT2D eigenvalue weighted by molar-refractivity contribution is 5.70. The largest absolute Gasteiger partial charge is 0.307 e. The molecule has 17 heavy (non-hydrogen) atoms. The average Bonchev–Trinajstić information content (AvgIpc) is 2.29. The van der Waals surface area contributed by atoms with Crippen LogP contribution in [0.5, 0.6) is 0 Å². The number of nitrogens with two attached hydrogens (primary N) is 2. The summed E-state index contributed by atoms with van der Waals surface area (Å²) in [4.78, 5) is 10.8. The highest BCUT2D eigenvalue weighted by atomic mass is 16.1. The first kappa shape index (κ1) is 13.1. The van der Waals surface area contributed by atoms with Crippen LogP contribution < -0.4 is 21.9 Å². The summed E-state index contributed by atoms with van der Waals surface area (Å²) in [5.41, 5.74) is 11.4. The second-order valence-electron chi connectivity index (χ2n) is 3.77. The average molecular weight is 228 g/mol. The lowest BCUT2D eigenvalue weighted by Crippen LogP contribution is -2.46. The number of allylic oxidation sites excluding steroid dienone is 2. The molecule has 0 aliphatic heterocycles. The Balaban J connectivity index is 0.00000144. The molecule has 0 saturated heterocycles. The molecular weight excluding hydrogens is 212 g/mol. The van der Waals surface area contributed by atoms with Crippen LogP contribution in [0.25, 0.3) is 5.57 Å². The fourth-order valence-electron chi connectivity index (χ4n) is 1.58. The van der Waals surface area contributed by atoms with Gasteiger partial charge in [-0.25, -0.2) is 4.79 Å². The van der Waals surface area contributed by atoms with E-state index in [9.17, 15) is 4.79 Å². The molecule has 2 rings (SSSR count). The van der Waals surface area contributed by atoms with E-state index >= 15 is 0 Å². The monoisotopic (exact) mass is 228 g/mol. The van der Waals surface area contributed by atoms with E-state index in [4.69, 9.17) is 11.5 Å². The Morgan fingerprint density at radius 3 is 2.24 bits per heavy atom. The topological polar surface area (TPSA) is 69.1 Å². The molecule has 4 N–H and O–H groups in total. The Kier molecular flexibility index (Phi) is 3.81. The summed E-state index contributed by atoms with van der Waals surface area (Å²) < 4.78 is 0. The highest BCUT2D eigenvalue weighted by Crippen LogP contribution is 2.10. The Morgan fingerprint density at radius 1 is 1.06 bits per heavy atom. The van der Waals surface area contributed by atoms with Crippen molar-refractivity contribution in [2.45, 2.75) is 13.1 Å². The zero-order valence-corrected chi connectivity index (χ0v) is 8.68. The van der Waals surface area contributed by atoms with E-state index in [0.717, 1.165) is 10.8 Å². The number of rotatable bonds is 0. The lowest BCUT2D eigenvalue weighted by Gasteiger charge is -2.18. The van der Waals surface area contributed by atoms with Crippen molar-refractivity contribution in [2.75, 3.05) is 0 Å². The number of hydrogen-bond donors (Lipinski definition) is 2. The first-order valence-corrected chi connectivity index (χ1v) is 4.93. The molecule has 3 nitrogen and oxygen atoms in total. The van der Waals surface area contributed by atoms with E-state index in [1.165, 1.54) is 0 Å². The van der Waals surface area contributed by atoms with Crippen molar-refractivity contribution in [1.29, 1.82) is 0 Å². The number of benzene rings is 1. The van der Waals surface area contributed by atoms with Gasteiger partial charge in [0.05, 0.1) is 5.22 Å². The van der Waals surface area contributed by atoms with Crippen molar-refractivity contribution < 1.29 is 4.79 Å². The summed E-state index contributed by atoms with van der Waals surface area (Å²) >= 11 is 0. The fraction of sp³-hybridized carbons (Fsp3) is 0.143. The second kappa shape index (κ2) is 4.93. The lowest BCUT2D eigenvalue weighted by atomic mass is 10.00. The summed E-state index contributed by atoms with van der Waals surface area (Å²) in [7, 11) is 0. The van der Waals surface area contributed by atoms with E-state index in [-0.39, 0.29) is 7.43 Å². The molecule has 1 aliphatic carbocycles. The maximum Gasteiger partial charge on any atom is 0.133 e. The van der Waals surface area contributed by atoms with Gasteiger partial charge in [0.15, 0.2) is 0 Å². The standard InChI is InChI=1S/C13H12N2O.CH4/c14-13(15)7-5-10(6-8-13)12-4-2-1-3-11(12)9-16;/h1-8H,14-15H2;1H4. The summed E-state index contributed by atoms with van der Waals surface area (Å²) in [5, 5.41) is 1.37. The molecule has 0 amide bonds. The fourth-order valence-corrected chi connectivity index (χ4v) is 1.58. The van der Waals surface area contributed by atoms with E-state index < -0.39 is 5.66 Å². The van der Waals surface area contributed by atoms with Gasteiger partial charge in [0.1, 0.15) is 11.6 Å². The molecule has 0 bridgehead atoms. The Labute approximate surface area is 100 Å². The smallest absolute Gasteiger partial charge is 0.133 e. The van der Waals surface area contributed by atoms with Crippen molar-refractivity contribution in [1.82, 2.24) is 0 Å². The first-order valence-electron chi connectivity index (χ1n) is 4.93. The second-order valence-corrected chi connectivity index (χ2v) is 3.77. The minimum Gasteiger partial charge on any atom is -0.307 e. The van der Waals surface area contributed by atoms with E-state index in [1.807, 2.05) is 30.2 Å². The quantitative estimate of drug-likeness (QED) is 0.600. The normalized spacial score (nSPS) is 16.2. The molecule has 0 unspecified atom stereocenters. The maximum absolute atomic E-state index is 10.8. The zero-order valence-electron chi connectivity index (χ0n) is 8.68. The predicted octanol–water partition coefficient (Wildman–Crippen LogP) is -0.284. The van der Waals surface area contributed by atoms with Gasteiger partial charge >= 0.3 is 0 Å². The zero-order chi connectivity index (χ0) is 11.6. The third kappa shape index (κ3) is 2.80. The summed E-state index contributed by atoms with van der Waals surface area (Å²) in [5.74, 6) is 1.91. The minimum absolute atomic E-state index is 0.